The Kier molecular flexibility index (Phi) is 5.87. The Hall–Kier alpha value is -2.47. The number of amides is 2. The Morgan fingerprint density at radius 1 is 1.17 bits per heavy atom. The average Bonchev–Trinajstić information content (AvgIpc) is 2.56. The highest BCUT2D eigenvalue weighted by Gasteiger charge is 2.13. The summed E-state index contributed by atoms with van der Waals surface area (Å²) in [5.41, 5.74) is 0.566. The molecule has 0 fully saturated rings. The lowest BCUT2D eigenvalue weighted by atomic mass is 10.2. The van der Waals surface area contributed by atoms with Crippen molar-refractivity contribution in [2.45, 2.75) is 13.8 Å². The molecule has 0 radical (unpaired) electrons. The molecule has 7 heteroatoms. The molecule has 0 saturated carbocycles. The smallest absolute Gasteiger partial charge is 0.274 e. The van der Waals surface area contributed by atoms with Gasteiger partial charge in [0.15, 0.2) is 0 Å². The Bertz CT molecular complexity index is 765. The fourth-order valence-electron chi connectivity index (χ4n) is 1.84. The van der Waals surface area contributed by atoms with Crippen molar-refractivity contribution in [3.8, 4) is 0 Å². The largest absolute Gasteiger partial charge is 0.350 e. The molecule has 0 unspecified atom stereocenters. The number of benzene rings is 1. The van der Waals surface area contributed by atoms with Crippen LogP contribution < -0.4 is 10.6 Å². The van der Waals surface area contributed by atoms with E-state index < -0.39 is 11.7 Å². The van der Waals surface area contributed by atoms with Gasteiger partial charge in [0.2, 0.25) is 0 Å². The molecule has 24 heavy (non-hydrogen) atoms. The number of aromatic nitrogens is 1. The third kappa shape index (κ3) is 4.76. The van der Waals surface area contributed by atoms with Crippen LogP contribution in [0.5, 0.6) is 0 Å². The number of hydrogen-bond donors (Lipinski definition) is 2. The lowest BCUT2D eigenvalue weighted by molar-refractivity contribution is 0.0944. The van der Waals surface area contributed by atoms with Gasteiger partial charge in [0.05, 0.1) is 5.02 Å². The summed E-state index contributed by atoms with van der Waals surface area (Å²) in [6.07, 6.45) is 0. The summed E-state index contributed by atoms with van der Waals surface area (Å²) in [5.74, 6) is -1.13. The summed E-state index contributed by atoms with van der Waals surface area (Å²) >= 11 is 5.68. The standard InChI is InChI=1S/C17H17ClFN3O2/c1-10(2)9-20-16(23)14-4-3-5-15(22-14)17(24)21-11-6-7-13(19)12(18)8-11/h3-8,10H,9H2,1-2H3,(H,20,23)(H,21,24). The van der Waals surface area contributed by atoms with Crippen molar-refractivity contribution in [1.82, 2.24) is 10.3 Å². The first kappa shape index (κ1) is 17.9. The highest BCUT2D eigenvalue weighted by Crippen LogP contribution is 2.19. The maximum Gasteiger partial charge on any atom is 0.274 e. The molecule has 0 aliphatic heterocycles. The molecule has 0 atom stereocenters. The van der Waals surface area contributed by atoms with Crippen LogP contribution in [0.1, 0.15) is 34.8 Å². The number of rotatable bonds is 5. The zero-order valence-corrected chi connectivity index (χ0v) is 14.0. The number of carbonyl (C=O) groups excluding carboxylic acids is 2. The molecule has 0 bridgehead atoms. The minimum Gasteiger partial charge on any atom is -0.350 e. The first-order valence-electron chi connectivity index (χ1n) is 7.38. The van der Waals surface area contributed by atoms with E-state index in [1.54, 1.807) is 6.07 Å². The van der Waals surface area contributed by atoms with Gasteiger partial charge in [-0.2, -0.15) is 0 Å². The Balaban J connectivity index is 2.11. The molecule has 1 aromatic carbocycles. The van der Waals surface area contributed by atoms with E-state index in [1.807, 2.05) is 13.8 Å². The SMILES string of the molecule is CC(C)CNC(=O)c1cccc(C(=O)Nc2ccc(F)c(Cl)c2)n1. The van der Waals surface area contributed by atoms with Gasteiger partial charge < -0.3 is 10.6 Å². The van der Waals surface area contributed by atoms with E-state index in [2.05, 4.69) is 15.6 Å². The van der Waals surface area contributed by atoms with E-state index in [0.29, 0.717) is 18.2 Å². The molecule has 0 saturated heterocycles. The average molecular weight is 350 g/mol. The number of pyridine rings is 1. The fourth-order valence-corrected chi connectivity index (χ4v) is 2.02. The van der Waals surface area contributed by atoms with E-state index >= 15 is 0 Å². The van der Waals surface area contributed by atoms with Gasteiger partial charge in [0.1, 0.15) is 17.2 Å². The zero-order chi connectivity index (χ0) is 17.7. The lowest BCUT2D eigenvalue weighted by Crippen LogP contribution is -2.28. The molecular formula is C17H17ClFN3O2. The van der Waals surface area contributed by atoms with E-state index in [1.165, 1.54) is 24.3 Å². The van der Waals surface area contributed by atoms with Crippen molar-refractivity contribution < 1.29 is 14.0 Å². The quantitative estimate of drug-likeness (QED) is 0.867. The van der Waals surface area contributed by atoms with Gasteiger partial charge in [-0.25, -0.2) is 9.37 Å². The van der Waals surface area contributed by atoms with Crippen molar-refractivity contribution in [2.75, 3.05) is 11.9 Å². The first-order valence-corrected chi connectivity index (χ1v) is 7.76. The van der Waals surface area contributed by atoms with Crippen molar-refractivity contribution >= 4 is 29.1 Å². The van der Waals surface area contributed by atoms with Gasteiger partial charge in [0.25, 0.3) is 11.8 Å². The third-order valence-corrected chi connectivity index (χ3v) is 3.35. The molecule has 1 aromatic heterocycles. The predicted octanol–water partition coefficient (Wildman–Crippen LogP) is 3.51. The summed E-state index contributed by atoms with van der Waals surface area (Å²) in [6.45, 7) is 4.47. The van der Waals surface area contributed by atoms with Gasteiger partial charge in [-0.3, -0.25) is 9.59 Å². The Morgan fingerprint density at radius 2 is 1.83 bits per heavy atom. The Labute approximate surface area is 144 Å². The summed E-state index contributed by atoms with van der Waals surface area (Å²) in [4.78, 5) is 28.3. The van der Waals surface area contributed by atoms with Crippen LogP contribution in [0.15, 0.2) is 36.4 Å². The minimum atomic E-state index is -0.573. The van der Waals surface area contributed by atoms with E-state index in [0.717, 1.165) is 6.07 Å². The molecular weight excluding hydrogens is 333 g/mol. The highest BCUT2D eigenvalue weighted by molar-refractivity contribution is 6.31. The molecule has 2 amide bonds. The van der Waals surface area contributed by atoms with Crippen LogP contribution in [0.2, 0.25) is 5.02 Å². The molecule has 0 aliphatic carbocycles. The van der Waals surface area contributed by atoms with Crippen LogP contribution in [0.3, 0.4) is 0 Å². The second-order valence-electron chi connectivity index (χ2n) is 5.59. The third-order valence-electron chi connectivity index (χ3n) is 3.06. The van der Waals surface area contributed by atoms with Gasteiger partial charge in [-0.15, -0.1) is 0 Å². The van der Waals surface area contributed by atoms with Crippen LogP contribution in [0.25, 0.3) is 0 Å². The summed E-state index contributed by atoms with van der Waals surface area (Å²) in [5, 5.41) is 5.20. The lowest BCUT2D eigenvalue weighted by Gasteiger charge is -2.09. The molecule has 5 nitrogen and oxygen atoms in total. The summed E-state index contributed by atoms with van der Waals surface area (Å²) in [7, 11) is 0. The number of hydrogen-bond acceptors (Lipinski definition) is 3. The topological polar surface area (TPSA) is 71.1 Å². The summed E-state index contributed by atoms with van der Waals surface area (Å²) in [6, 6.07) is 8.43. The number of carbonyl (C=O) groups is 2. The van der Waals surface area contributed by atoms with Crippen LogP contribution >= 0.6 is 11.6 Å². The molecule has 1 heterocycles. The van der Waals surface area contributed by atoms with E-state index in [4.69, 9.17) is 11.6 Å². The first-order chi connectivity index (χ1) is 11.4. The van der Waals surface area contributed by atoms with Gasteiger partial charge in [-0.05, 0) is 36.2 Å². The van der Waals surface area contributed by atoms with Gasteiger partial charge >= 0.3 is 0 Å². The van der Waals surface area contributed by atoms with Crippen LogP contribution in [-0.2, 0) is 0 Å². The Morgan fingerprint density at radius 3 is 2.46 bits per heavy atom. The second kappa shape index (κ2) is 7.88. The van der Waals surface area contributed by atoms with Gasteiger partial charge in [-0.1, -0.05) is 31.5 Å². The van der Waals surface area contributed by atoms with Crippen molar-refractivity contribution in [3.63, 3.8) is 0 Å². The maximum absolute atomic E-state index is 13.1. The monoisotopic (exact) mass is 349 g/mol. The second-order valence-corrected chi connectivity index (χ2v) is 6.00. The molecule has 0 spiro atoms. The molecule has 126 valence electrons. The van der Waals surface area contributed by atoms with Crippen LogP contribution in [-0.4, -0.2) is 23.3 Å². The number of nitrogens with one attached hydrogen (secondary N) is 2. The number of halogens is 2. The van der Waals surface area contributed by atoms with Crippen molar-refractivity contribution in [1.29, 1.82) is 0 Å². The van der Waals surface area contributed by atoms with Crippen molar-refractivity contribution in [3.05, 3.63) is 58.6 Å². The maximum atomic E-state index is 13.1. The normalized spacial score (nSPS) is 10.5. The van der Waals surface area contributed by atoms with E-state index in [-0.39, 0.29) is 22.3 Å². The predicted molar refractivity (Wildman–Crippen MR) is 90.8 cm³/mol. The van der Waals surface area contributed by atoms with Crippen molar-refractivity contribution in [2.24, 2.45) is 5.92 Å². The fraction of sp³-hybridized carbons (Fsp3) is 0.235. The summed E-state index contributed by atoms with van der Waals surface area (Å²) < 4.78 is 13.1. The van der Waals surface area contributed by atoms with Crippen LogP contribution in [0, 0.1) is 11.7 Å². The molecule has 2 N–H and O–H groups in total. The number of nitrogens with zero attached hydrogens (tertiary/aromatic N) is 1. The van der Waals surface area contributed by atoms with E-state index in [9.17, 15) is 14.0 Å². The zero-order valence-electron chi connectivity index (χ0n) is 13.3. The highest BCUT2D eigenvalue weighted by atomic mass is 35.5. The van der Waals surface area contributed by atoms with Gasteiger partial charge in [0, 0.05) is 12.2 Å². The molecule has 2 rings (SSSR count). The molecule has 0 aliphatic rings. The molecule has 2 aromatic rings. The number of anilines is 1. The minimum absolute atomic E-state index is 0.0765. The van der Waals surface area contributed by atoms with Crippen LogP contribution in [0.4, 0.5) is 10.1 Å².